The largest absolute Gasteiger partial charge is 0.492 e. The summed E-state index contributed by atoms with van der Waals surface area (Å²) < 4.78 is 21.9. The lowest BCUT2D eigenvalue weighted by Gasteiger charge is -2.34. The Morgan fingerprint density at radius 1 is 1.23 bits per heavy atom. The van der Waals surface area contributed by atoms with Crippen LogP contribution >= 0.6 is 0 Å². The van der Waals surface area contributed by atoms with E-state index in [-0.39, 0.29) is 17.7 Å². The highest BCUT2D eigenvalue weighted by atomic mass is 19.1. The zero-order chi connectivity index (χ0) is 24.0. The van der Waals surface area contributed by atoms with Crippen LogP contribution in [0.1, 0.15) is 42.5 Å². The molecule has 6 rings (SSSR count). The van der Waals surface area contributed by atoms with Gasteiger partial charge in [0, 0.05) is 30.8 Å². The van der Waals surface area contributed by atoms with Crippen molar-refractivity contribution in [2.75, 3.05) is 26.2 Å². The molecule has 0 spiro atoms. The summed E-state index contributed by atoms with van der Waals surface area (Å²) in [6.07, 6.45) is 7.45. The lowest BCUT2D eigenvalue weighted by molar-refractivity contribution is 0.00528. The molecule has 3 aromatic heterocycles. The maximum atomic E-state index is 14.7. The predicted octanol–water partition coefficient (Wildman–Crippen LogP) is 2.10. The number of ether oxygens (including phenoxy) is 1. The standard InChI is InChI=1S/C26H30FN5O3/c27-20-14-30-21-3-4-23(33)32-16-26(34,24(20)25(21)32)7-10-31-8-5-18(6-9-31)28-13-19-12-17-2-1-11-35-22(17)15-29-19/h3-4,12,14-15,18,28,34H,1-2,5-11,13,16H2. The zero-order valence-electron chi connectivity index (χ0n) is 19.7. The summed E-state index contributed by atoms with van der Waals surface area (Å²) in [5, 5.41) is 15.1. The van der Waals surface area contributed by atoms with E-state index < -0.39 is 11.4 Å². The molecule has 3 aromatic rings. The first-order chi connectivity index (χ1) is 17.0. The van der Waals surface area contributed by atoms with Gasteiger partial charge in [-0.1, -0.05) is 0 Å². The third-order valence-electron chi connectivity index (χ3n) is 7.69. The van der Waals surface area contributed by atoms with Crippen LogP contribution in [0.2, 0.25) is 0 Å². The molecule has 8 nitrogen and oxygen atoms in total. The molecule has 9 heteroatoms. The number of piperidine rings is 1. The molecule has 0 aromatic carbocycles. The molecule has 184 valence electrons. The normalized spacial score (nSPS) is 22.3. The third-order valence-corrected chi connectivity index (χ3v) is 7.69. The van der Waals surface area contributed by atoms with Crippen molar-refractivity contribution in [3.8, 4) is 5.75 Å². The van der Waals surface area contributed by atoms with Gasteiger partial charge in [-0.25, -0.2) is 4.39 Å². The number of hydrogen-bond donors (Lipinski definition) is 2. The van der Waals surface area contributed by atoms with Gasteiger partial charge in [0.1, 0.15) is 17.2 Å². The van der Waals surface area contributed by atoms with E-state index in [2.05, 4.69) is 26.3 Å². The Bertz CT molecular complexity index is 1320. The van der Waals surface area contributed by atoms with Crippen molar-refractivity contribution in [3.05, 3.63) is 63.6 Å². The van der Waals surface area contributed by atoms with Gasteiger partial charge in [-0.2, -0.15) is 0 Å². The highest BCUT2D eigenvalue weighted by Crippen LogP contribution is 2.39. The second kappa shape index (κ2) is 8.96. The van der Waals surface area contributed by atoms with Gasteiger partial charge in [-0.05, 0) is 62.9 Å². The lowest BCUT2D eigenvalue weighted by atomic mass is 9.91. The number of aliphatic hydroxyl groups is 1. The molecule has 1 saturated heterocycles. The summed E-state index contributed by atoms with van der Waals surface area (Å²) in [4.78, 5) is 23.3. The molecule has 0 aliphatic carbocycles. The zero-order valence-corrected chi connectivity index (χ0v) is 19.7. The number of likely N-dealkylation sites (tertiary alicyclic amines) is 1. The smallest absolute Gasteiger partial charge is 0.251 e. The van der Waals surface area contributed by atoms with Crippen LogP contribution in [-0.2, 0) is 25.1 Å². The Morgan fingerprint density at radius 3 is 2.94 bits per heavy atom. The summed E-state index contributed by atoms with van der Waals surface area (Å²) in [7, 11) is 0. The molecule has 0 bridgehead atoms. The van der Waals surface area contributed by atoms with Crippen LogP contribution in [0.4, 0.5) is 4.39 Å². The van der Waals surface area contributed by atoms with Gasteiger partial charge in [0.05, 0.1) is 42.3 Å². The number of fused-ring (bicyclic) bond motifs is 1. The maximum absolute atomic E-state index is 14.7. The molecule has 2 N–H and O–H groups in total. The minimum absolute atomic E-state index is 0.0674. The summed E-state index contributed by atoms with van der Waals surface area (Å²) in [6, 6.07) is 5.58. The minimum atomic E-state index is -1.41. The van der Waals surface area contributed by atoms with Gasteiger partial charge in [-0.15, -0.1) is 0 Å². The molecular formula is C26H30FN5O3. The van der Waals surface area contributed by atoms with Crippen molar-refractivity contribution in [2.24, 2.45) is 0 Å². The van der Waals surface area contributed by atoms with Crippen LogP contribution in [0.25, 0.3) is 11.0 Å². The van der Waals surface area contributed by atoms with E-state index in [0.29, 0.717) is 30.0 Å². The van der Waals surface area contributed by atoms with E-state index in [0.717, 1.165) is 69.6 Å². The number of aryl methyl sites for hydroxylation is 1. The minimum Gasteiger partial charge on any atom is -0.492 e. The van der Waals surface area contributed by atoms with Crippen LogP contribution in [-0.4, -0.2) is 56.8 Å². The fourth-order valence-corrected chi connectivity index (χ4v) is 5.74. The number of pyridine rings is 3. The van der Waals surface area contributed by atoms with Crippen molar-refractivity contribution in [3.63, 3.8) is 0 Å². The Hall–Kier alpha value is -2.88. The SMILES string of the molecule is O=c1ccc2ncc(F)c3c2n1CC3(O)CCN1CCC(NCc2cc3c(cn2)OCCC3)CC1. The Labute approximate surface area is 202 Å². The maximum Gasteiger partial charge on any atom is 0.251 e. The van der Waals surface area contributed by atoms with Crippen molar-refractivity contribution < 1.29 is 14.2 Å². The summed E-state index contributed by atoms with van der Waals surface area (Å²) in [5.74, 6) is 0.361. The Morgan fingerprint density at radius 2 is 2.09 bits per heavy atom. The first-order valence-electron chi connectivity index (χ1n) is 12.5. The fraction of sp³-hybridized carbons (Fsp3) is 0.500. The lowest BCUT2D eigenvalue weighted by Crippen LogP contribution is -2.44. The fourth-order valence-electron chi connectivity index (χ4n) is 5.74. The second-order valence-electron chi connectivity index (χ2n) is 9.99. The van der Waals surface area contributed by atoms with Crippen molar-refractivity contribution in [2.45, 2.75) is 56.8 Å². The summed E-state index contributed by atoms with van der Waals surface area (Å²) in [6.45, 7) is 4.03. The molecule has 0 amide bonds. The van der Waals surface area contributed by atoms with Gasteiger partial charge in [0.25, 0.3) is 5.56 Å². The number of halogens is 1. The molecule has 1 fully saturated rings. The molecule has 1 atom stereocenters. The molecule has 0 radical (unpaired) electrons. The average molecular weight is 480 g/mol. The van der Waals surface area contributed by atoms with E-state index in [1.165, 1.54) is 16.2 Å². The predicted molar refractivity (Wildman–Crippen MR) is 129 cm³/mol. The van der Waals surface area contributed by atoms with Crippen molar-refractivity contribution >= 4 is 11.0 Å². The Balaban J connectivity index is 1.04. The van der Waals surface area contributed by atoms with Gasteiger partial charge in [0.2, 0.25) is 0 Å². The van der Waals surface area contributed by atoms with E-state index >= 15 is 0 Å². The van der Waals surface area contributed by atoms with Crippen molar-refractivity contribution in [1.82, 2.24) is 24.8 Å². The summed E-state index contributed by atoms with van der Waals surface area (Å²) >= 11 is 0. The highest BCUT2D eigenvalue weighted by molar-refractivity contribution is 5.81. The molecule has 3 aliphatic rings. The van der Waals surface area contributed by atoms with Crippen LogP contribution < -0.4 is 15.6 Å². The van der Waals surface area contributed by atoms with E-state index in [1.807, 2.05) is 6.20 Å². The van der Waals surface area contributed by atoms with Gasteiger partial charge in [-0.3, -0.25) is 14.8 Å². The average Bonchev–Trinajstić information content (AvgIpc) is 3.21. The first-order valence-corrected chi connectivity index (χ1v) is 12.5. The van der Waals surface area contributed by atoms with E-state index in [9.17, 15) is 14.3 Å². The Kier molecular flexibility index (Phi) is 5.78. The van der Waals surface area contributed by atoms with Gasteiger partial charge in [0.15, 0.2) is 0 Å². The molecule has 35 heavy (non-hydrogen) atoms. The number of aromatic nitrogens is 3. The molecule has 0 saturated carbocycles. The van der Waals surface area contributed by atoms with Crippen LogP contribution in [0, 0.1) is 5.82 Å². The van der Waals surface area contributed by atoms with Crippen LogP contribution in [0.3, 0.4) is 0 Å². The number of hydrogen-bond acceptors (Lipinski definition) is 7. The van der Waals surface area contributed by atoms with Crippen LogP contribution in [0.5, 0.6) is 5.75 Å². The van der Waals surface area contributed by atoms with Gasteiger partial charge < -0.3 is 24.6 Å². The monoisotopic (exact) mass is 479 g/mol. The molecule has 1 unspecified atom stereocenters. The van der Waals surface area contributed by atoms with E-state index in [4.69, 9.17) is 4.74 Å². The van der Waals surface area contributed by atoms with Crippen molar-refractivity contribution in [1.29, 1.82) is 0 Å². The molecule has 6 heterocycles. The third kappa shape index (κ3) is 4.22. The number of nitrogens with one attached hydrogen (secondary N) is 1. The molecular weight excluding hydrogens is 449 g/mol. The summed E-state index contributed by atoms with van der Waals surface area (Å²) in [5.41, 5.74) is 1.80. The number of rotatable bonds is 6. The number of nitrogens with zero attached hydrogens (tertiary/aromatic N) is 4. The highest BCUT2D eigenvalue weighted by Gasteiger charge is 2.41. The van der Waals surface area contributed by atoms with Gasteiger partial charge >= 0.3 is 0 Å². The van der Waals surface area contributed by atoms with Crippen LogP contribution in [0.15, 0.2) is 35.4 Å². The second-order valence-corrected chi connectivity index (χ2v) is 9.99. The first kappa shape index (κ1) is 22.6. The quantitative estimate of drug-likeness (QED) is 0.559. The topological polar surface area (TPSA) is 92.5 Å². The molecule has 3 aliphatic heterocycles. The van der Waals surface area contributed by atoms with E-state index in [1.54, 1.807) is 6.07 Å².